The lowest BCUT2D eigenvalue weighted by molar-refractivity contribution is 0.0714. The van der Waals surface area contributed by atoms with Gasteiger partial charge in [0.1, 0.15) is 23.7 Å². The molecule has 0 aliphatic carbocycles. The standard InChI is InChI=1S/C19H16ClFN4O3/c20-14-10-13(21)3-4-15(14)28-18-11-17(22-12-23-18)24-5-7-25(8-6-24)19(26)16-2-1-9-27-16/h1-4,9-12H,5-8H2. The van der Waals surface area contributed by atoms with E-state index >= 15 is 0 Å². The van der Waals surface area contributed by atoms with Gasteiger partial charge in [0.2, 0.25) is 5.88 Å². The van der Waals surface area contributed by atoms with Crippen LogP contribution in [-0.4, -0.2) is 47.0 Å². The van der Waals surface area contributed by atoms with Crippen molar-refractivity contribution in [3.8, 4) is 11.6 Å². The number of hydrogen-bond donors (Lipinski definition) is 0. The Morgan fingerprint density at radius 2 is 1.96 bits per heavy atom. The molecule has 4 rings (SSSR count). The molecule has 1 saturated heterocycles. The molecule has 0 N–H and O–H groups in total. The second-order valence-corrected chi connectivity index (χ2v) is 6.55. The topological polar surface area (TPSA) is 71.7 Å². The lowest BCUT2D eigenvalue weighted by Gasteiger charge is -2.34. The van der Waals surface area contributed by atoms with Gasteiger partial charge in [0.25, 0.3) is 5.91 Å². The lowest BCUT2D eigenvalue weighted by Crippen LogP contribution is -2.49. The van der Waals surface area contributed by atoms with Gasteiger partial charge in [0.15, 0.2) is 5.76 Å². The molecule has 0 saturated carbocycles. The number of amides is 1. The number of carbonyl (C=O) groups excluding carboxylic acids is 1. The summed E-state index contributed by atoms with van der Waals surface area (Å²) in [6.45, 7) is 2.31. The van der Waals surface area contributed by atoms with Crippen LogP contribution in [0.3, 0.4) is 0 Å². The van der Waals surface area contributed by atoms with E-state index in [9.17, 15) is 9.18 Å². The van der Waals surface area contributed by atoms with E-state index in [0.29, 0.717) is 49.4 Å². The van der Waals surface area contributed by atoms with E-state index in [1.54, 1.807) is 23.1 Å². The number of anilines is 1. The maximum atomic E-state index is 13.2. The van der Waals surface area contributed by atoms with Gasteiger partial charge < -0.3 is 19.0 Å². The van der Waals surface area contributed by atoms with Crippen molar-refractivity contribution in [2.75, 3.05) is 31.1 Å². The molecule has 3 heterocycles. The lowest BCUT2D eigenvalue weighted by atomic mass is 10.3. The quantitative estimate of drug-likeness (QED) is 0.663. The molecular weight excluding hydrogens is 387 g/mol. The summed E-state index contributed by atoms with van der Waals surface area (Å²) in [7, 11) is 0. The number of aromatic nitrogens is 2. The second-order valence-electron chi connectivity index (χ2n) is 6.15. The molecule has 0 unspecified atom stereocenters. The highest BCUT2D eigenvalue weighted by atomic mass is 35.5. The van der Waals surface area contributed by atoms with Crippen molar-refractivity contribution in [1.29, 1.82) is 0 Å². The molecule has 0 atom stereocenters. The van der Waals surface area contributed by atoms with Crippen LogP contribution < -0.4 is 9.64 Å². The Labute approximate surface area is 165 Å². The van der Waals surface area contributed by atoms with Gasteiger partial charge in [0, 0.05) is 32.2 Å². The summed E-state index contributed by atoms with van der Waals surface area (Å²) < 4.78 is 24.0. The molecule has 1 fully saturated rings. The Hall–Kier alpha value is -3.13. The van der Waals surface area contributed by atoms with E-state index in [1.165, 1.54) is 30.8 Å². The molecule has 1 aliphatic heterocycles. The number of hydrogen-bond acceptors (Lipinski definition) is 6. The SMILES string of the molecule is O=C(c1ccco1)N1CCN(c2cc(Oc3ccc(F)cc3Cl)ncn2)CC1. The van der Waals surface area contributed by atoms with E-state index in [2.05, 4.69) is 9.97 Å². The number of halogens is 2. The number of nitrogens with zero attached hydrogens (tertiary/aromatic N) is 4. The summed E-state index contributed by atoms with van der Waals surface area (Å²) in [6.07, 6.45) is 2.88. The van der Waals surface area contributed by atoms with Crippen molar-refractivity contribution >= 4 is 23.3 Å². The highest BCUT2D eigenvalue weighted by Crippen LogP contribution is 2.30. The van der Waals surface area contributed by atoms with Crippen LogP contribution in [0.5, 0.6) is 11.6 Å². The molecule has 2 aromatic heterocycles. The summed E-state index contributed by atoms with van der Waals surface area (Å²) in [6, 6.07) is 8.91. The van der Waals surface area contributed by atoms with Crippen LogP contribution in [0.4, 0.5) is 10.2 Å². The van der Waals surface area contributed by atoms with E-state index in [0.717, 1.165) is 0 Å². The van der Waals surface area contributed by atoms with Crippen LogP contribution >= 0.6 is 11.6 Å². The Morgan fingerprint density at radius 3 is 2.68 bits per heavy atom. The van der Waals surface area contributed by atoms with Crippen molar-refractivity contribution in [3.05, 3.63) is 65.6 Å². The van der Waals surface area contributed by atoms with Crippen LogP contribution in [0.1, 0.15) is 10.6 Å². The molecule has 1 aliphatic rings. The average Bonchev–Trinajstić information content (AvgIpc) is 3.25. The first kappa shape index (κ1) is 18.2. The summed E-state index contributed by atoms with van der Waals surface area (Å²) in [4.78, 5) is 24.5. The van der Waals surface area contributed by atoms with E-state index in [4.69, 9.17) is 20.8 Å². The van der Waals surface area contributed by atoms with Crippen molar-refractivity contribution in [2.45, 2.75) is 0 Å². The minimum Gasteiger partial charge on any atom is -0.459 e. The zero-order valence-corrected chi connectivity index (χ0v) is 15.5. The van der Waals surface area contributed by atoms with E-state index in [-0.39, 0.29) is 10.9 Å². The van der Waals surface area contributed by atoms with Gasteiger partial charge >= 0.3 is 0 Å². The fourth-order valence-corrected chi connectivity index (χ4v) is 3.13. The number of carbonyl (C=O) groups is 1. The first-order chi connectivity index (χ1) is 13.6. The van der Waals surface area contributed by atoms with Crippen molar-refractivity contribution in [2.24, 2.45) is 0 Å². The highest BCUT2D eigenvalue weighted by molar-refractivity contribution is 6.32. The normalized spacial score (nSPS) is 14.2. The first-order valence-corrected chi connectivity index (χ1v) is 9.00. The predicted molar refractivity (Wildman–Crippen MR) is 100 cm³/mol. The molecule has 3 aromatic rings. The second kappa shape index (κ2) is 7.85. The number of furan rings is 1. The summed E-state index contributed by atoms with van der Waals surface area (Å²) in [5.41, 5.74) is 0. The molecular formula is C19H16ClFN4O3. The summed E-state index contributed by atoms with van der Waals surface area (Å²) in [5, 5.41) is 0.158. The summed E-state index contributed by atoms with van der Waals surface area (Å²) >= 11 is 5.99. The number of piperazine rings is 1. The minimum absolute atomic E-state index is 0.123. The highest BCUT2D eigenvalue weighted by Gasteiger charge is 2.24. The number of ether oxygens (including phenoxy) is 1. The smallest absolute Gasteiger partial charge is 0.289 e. The van der Waals surface area contributed by atoms with Crippen LogP contribution in [0.25, 0.3) is 0 Å². The molecule has 7 nitrogen and oxygen atoms in total. The summed E-state index contributed by atoms with van der Waals surface area (Å²) in [5.74, 6) is 1.05. The molecule has 0 radical (unpaired) electrons. The Bertz CT molecular complexity index is 975. The minimum atomic E-state index is -0.442. The predicted octanol–water partition coefficient (Wildman–Crippen LogP) is 3.62. The molecule has 144 valence electrons. The molecule has 0 bridgehead atoms. The zero-order valence-electron chi connectivity index (χ0n) is 14.7. The van der Waals surface area contributed by atoms with Gasteiger partial charge in [-0.25, -0.2) is 14.4 Å². The fourth-order valence-electron chi connectivity index (χ4n) is 2.92. The monoisotopic (exact) mass is 402 g/mol. The third kappa shape index (κ3) is 3.91. The van der Waals surface area contributed by atoms with E-state index in [1.807, 2.05) is 4.90 Å². The van der Waals surface area contributed by atoms with Crippen LogP contribution in [0, 0.1) is 5.82 Å². The Morgan fingerprint density at radius 1 is 1.14 bits per heavy atom. The fraction of sp³-hybridized carbons (Fsp3) is 0.211. The van der Waals surface area contributed by atoms with Crippen LogP contribution in [0.2, 0.25) is 5.02 Å². The third-order valence-corrected chi connectivity index (χ3v) is 4.65. The Balaban J connectivity index is 1.42. The van der Waals surface area contributed by atoms with Crippen molar-refractivity contribution in [1.82, 2.24) is 14.9 Å². The zero-order chi connectivity index (χ0) is 19.5. The van der Waals surface area contributed by atoms with Gasteiger partial charge in [-0.15, -0.1) is 0 Å². The number of rotatable bonds is 4. The largest absolute Gasteiger partial charge is 0.459 e. The van der Waals surface area contributed by atoms with Gasteiger partial charge in [-0.05, 0) is 30.3 Å². The van der Waals surface area contributed by atoms with Crippen molar-refractivity contribution < 1.29 is 18.3 Å². The van der Waals surface area contributed by atoms with Gasteiger partial charge in [-0.3, -0.25) is 4.79 Å². The Kier molecular flexibility index (Phi) is 5.12. The maximum absolute atomic E-state index is 13.2. The first-order valence-electron chi connectivity index (χ1n) is 8.63. The van der Waals surface area contributed by atoms with E-state index < -0.39 is 5.82 Å². The van der Waals surface area contributed by atoms with Crippen molar-refractivity contribution in [3.63, 3.8) is 0 Å². The maximum Gasteiger partial charge on any atom is 0.289 e. The third-order valence-electron chi connectivity index (χ3n) is 4.36. The van der Waals surface area contributed by atoms with Crippen LogP contribution in [-0.2, 0) is 0 Å². The molecule has 0 spiro atoms. The molecule has 28 heavy (non-hydrogen) atoms. The average molecular weight is 403 g/mol. The molecule has 1 amide bonds. The van der Waals surface area contributed by atoms with Crippen LogP contribution in [0.15, 0.2) is 53.4 Å². The molecule has 9 heteroatoms. The van der Waals surface area contributed by atoms with Gasteiger partial charge in [-0.1, -0.05) is 11.6 Å². The van der Waals surface area contributed by atoms with Gasteiger partial charge in [0.05, 0.1) is 11.3 Å². The molecule has 1 aromatic carbocycles. The number of benzene rings is 1. The van der Waals surface area contributed by atoms with Gasteiger partial charge in [-0.2, -0.15) is 0 Å².